The molecule has 0 radical (unpaired) electrons. The first kappa shape index (κ1) is 6.50. The Labute approximate surface area is 59.4 Å². The van der Waals surface area contributed by atoms with Crippen LogP contribution in [-0.2, 0) is 0 Å². The summed E-state index contributed by atoms with van der Waals surface area (Å²) in [7, 11) is 0. The van der Waals surface area contributed by atoms with Crippen LogP contribution in [0.3, 0.4) is 0 Å². The van der Waals surface area contributed by atoms with E-state index < -0.39 is 0 Å². The van der Waals surface area contributed by atoms with Gasteiger partial charge >= 0.3 is 0 Å². The smallest absolute Gasteiger partial charge is 0.187 e. The molecule has 0 aliphatic rings. The topological polar surface area (TPSA) is 28.2 Å². The van der Waals surface area contributed by atoms with Crippen LogP contribution in [0.25, 0.3) is 4.85 Å². The Hall–Kier alpha value is -1.62. The molecule has 0 saturated heterocycles. The molecule has 0 aliphatic heterocycles. The Morgan fingerprint density at radius 3 is 2.30 bits per heavy atom. The van der Waals surface area contributed by atoms with Crippen LogP contribution in [0.1, 0.15) is 5.56 Å². The molecule has 0 aliphatic carbocycles. The monoisotopic (exact) mass is 130 g/mol. The summed E-state index contributed by atoms with van der Waals surface area (Å²) < 4.78 is 0. The van der Waals surface area contributed by atoms with Gasteiger partial charge in [-0.3, -0.25) is 0 Å². The molecule has 0 unspecified atom stereocenters. The van der Waals surface area contributed by atoms with Crippen molar-refractivity contribution >= 4 is 11.9 Å². The van der Waals surface area contributed by atoms with Gasteiger partial charge in [0, 0.05) is 6.21 Å². The molecule has 0 fully saturated rings. The van der Waals surface area contributed by atoms with E-state index in [1.165, 1.54) is 6.21 Å². The van der Waals surface area contributed by atoms with Crippen LogP contribution >= 0.6 is 0 Å². The molecule has 10 heavy (non-hydrogen) atoms. The Kier molecular flexibility index (Phi) is 1.81. The van der Waals surface area contributed by atoms with E-state index in [2.05, 4.69) is 4.85 Å². The summed E-state index contributed by atoms with van der Waals surface area (Å²) in [6, 6.07) is 6.90. The van der Waals surface area contributed by atoms with Crippen molar-refractivity contribution in [1.29, 1.82) is 5.41 Å². The molecule has 1 N–H and O–H groups in total. The second kappa shape index (κ2) is 2.79. The lowest BCUT2D eigenvalue weighted by molar-refractivity contribution is 1.54. The summed E-state index contributed by atoms with van der Waals surface area (Å²) in [6.45, 7) is 6.64. The number of rotatable bonds is 1. The maximum absolute atomic E-state index is 6.87. The van der Waals surface area contributed by atoms with Crippen molar-refractivity contribution < 1.29 is 0 Å². The van der Waals surface area contributed by atoms with E-state index in [4.69, 9.17) is 12.0 Å². The van der Waals surface area contributed by atoms with Crippen molar-refractivity contribution in [3.05, 3.63) is 41.2 Å². The van der Waals surface area contributed by atoms with Crippen LogP contribution in [-0.4, -0.2) is 6.21 Å². The predicted molar refractivity (Wildman–Crippen MR) is 40.6 cm³/mol. The minimum absolute atomic E-state index is 0.616. The van der Waals surface area contributed by atoms with Crippen LogP contribution in [0.5, 0.6) is 0 Å². The van der Waals surface area contributed by atoms with E-state index in [0.29, 0.717) is 5.69 Å². The fraction of sp³-hybridized carbons (Fsp3) is 0. The van der Waals surface area contributed by atoms with E-state index in [1.807, 2.05) is 0 Å². The highest BCUT2D eigenvalue weighted by atomic mass is 14.6. The van der Waals surface area contributed by atoms with E-state index in [9.17, 15) is 0 Å². The first-order chi connectivity index (χ1) is 4.86. The van der Waals surface area contributed by atoms with Crippen molar-refractivity contribution in [1.82, 2.24) is 0 Å². The first-order valence-corrected chi connectivity index (χ1v) is 2.85. The molecule has 0 amide bonds. The SMILES string of the molecule is [C-]#[N+]c1ccc(C=N)cc1. The average Bonchev–Trinajstić information content (AvgIpc) is 2.05. The van der Waals surface area contributed by atoms with Gasteiger partial charge in [0.2, 0.25) is 0 Å². The Balaban J connectivity index is 3.04. The van der Waals surface area contributed by atoms with Crippen LogP contribution < -0.4 is 0 Å². The Morgan fingerprint density at radius 1 is 1.30 bits per heavy atom. The molecule has 2 heteroatoms. The van der Waals surface area contributed by atoms with E-state index in [1.54, 1.807) is 24.3 Å². The molecule has 2 nitrogen and oxygen atoms in total. The molecule has 1 aromatic carbocycles. The van der Waals surface area contributed by atoms with E-state index in [0.717, 1.165) is 5.56 Å². The van der Waals surface area contributed by atoms with Gasteiger partial charge in [-0.2, -0.15) is 0 Å². The van der Waals surface area contributed by atoms with Crippen molar-refractivity contribution in [2.45, 2.75) is 0 Å². The van der Waals surface area contributed by atoms with Crippen molar-refractivity contribution in [2.75, 3.05) is 0 Å². The second-order valence-corrected chi connectivity index (χ2v) is 1.85. The molecule has 1 rings (SSSR count). The zero-order chi connectivity index (χ0) is 7.40. The highest BCUT2D eigenvalue weighted by Gasteiger charge is 1.87. The summed E-state index contributed by atoms with van der Waals surface area (Å²) in [5.74, 6) is 0. The van der Waals surface area contributed by atoms with Gasteiger partial charge in [0.1, 0.15) is 0 Å². The number of nitrogens with one attached hydrogen (secondary N) is 1. The van der Waals surface area contributed by atoms with Crippen molar-refractivity contribution in [3.8, 4) is 0 Å². The Morgan fingerprint density at radius 2 is 1.90 bits per heavy atom. The summed E-state index contributed by atoms with van der Waals surface area (Å²) in [6.07, 6.45) is 1.26. The molecule has 1 aromatic rings. The third-order valence-corrected chi connectivity index (χ3v) is 1.19. The summed E-state index contributed by atoms with van der Waals surface area (Å²) in [5, 5.41) is 6.87. The fourth-order valence-corrected chi connectivity index (χ4v) is 0.645. The summed E-state index contributed by atoms with van der Waals surface area (Å²) in [5.41, 5.74) is 1.44. The lowest BCUT2D eigenvalue weighted by atomic mass is 10.2. The maximum Gasteiger partial charge on any atom is 0.187 e. The van der Waals surface area contributed by atoms with Gasteiger partial charge in [-0.15, -0.1) is 0 Å². The van der Waals surface area contributed by atoms with Gasteiger partial charge in [-0.05, 0) is 5.56 Å². The largest absolute Gasteiger partial charge is 0.308 e. The van der Waals surface area contributed by atoms with Crippen LogP contribution in [0.15, 0.2) is 24.3 Å². The zero-order valence-electron chi connectivity index (χ0n) is 5.33. The highest BCUT2D eigenvalue weighted by Crippen LogP contribution is 2.10. The van der Waals surface area contributed by atoms with Crippen molar-refractivity contribution in [3.63, 3.8) is 0 Å². The highest BCUT2D eigenvalue weighted by molar-refractivity contribution is 5.77. The zero-order valence-corrected chi connectivity index (χ0v) is 5.33. The normalized spacial score (nSPS) is 8.30. The quantitative estimate of drug-likeness (QED) is 0.446. The molecule has 0 spiro atoms. The minimum atomic E-state index is 0.616. The molecular weight excluding hydrogens is 124 g/mol. The predicted octanol–water partition coefficient (Wildman–Crippen LogP) is 2.24. The summed E-state index contributed by atoms with van der Waals surface area (Å²) in [4.78, 5) is 3.22. The van der Waals surface area contributed by atoms with Gasteiger partial charge in [0.25, 0.3) is 0 Å². The minimum Gasteiger partial charge on any atom is -0.308 e. The Bertz CT molecular complexity index is 266. The number of hydrogen-bond acceptors (Lipinski definition) is 1. The van der Waals surface area contributed by atoms with E-state index >= 15 is 0 Å². The lowest BCUT2D eigenvalue weighted by Gasteiger charge is -1.89. The fourth-order valence-electron chi connectivity index (χ4n) is 0.645. The van der Waals surface area contributed by atoms with Crippen LogP contribution in [0, 0.1) is 12.0 Å². The van der Waals surface area contributed by atoms with Crippen molar-refractivity contribution in [2.24, 2.45) is 0 Å². The third kappa shape index (κ3) is 1.20. The molecule has 0 heterocycles. The molecule has 0 saturated carbocycles. The molecule has 0 atom stereocenters. The van der Waals surface area contributed by atoms with Crippen LogP contribution in [0.2, 0.25) is 0 Å². The maximum atomic E-state index is 6.87. The average molecular weight is 130 g/mol. The molecule has 0 aromatic heterocycles. The number of benzene rings is 1. The van der Waals surface area contributed by atoms with E-state index in [-0.39, 0.29) is 0 Å². The van der Waals surface area contributed by atoms with Gasteiger partial charge in [-0.1, -0.05) is 24.3 Å². The first-order valence-electron chi connectivity index (χ1n) is 2.85. The lowest BCUT2D eigenvalue weighted by Crippen LogP contribution is -1.74. The van der Waals surface area contributed by atoms with Gasteiger partial charge < -0.3 is 5.41 Å². The molecule has 48 valence electrons. The molecule has 0 bridgehead atoms. The summed E-state index contributed by atoms with van der Waals surface area (Å²) >= 11 is 0. The van der Waals surface area contributed by atoms with Gasteiger partial charge in [0.15, 0.2) is 5.69 Å². The third-order valence-electron chi connectivity index (χ3n) is 1.19. The second-order valence-electron chi connectivity index (χ2n) is 1.85. The van der Waals surface area contributed by atoms with Crippen LogP contribution in [0.4, 0.5) is 5.69 Å². The standard InChI is InChI=1S/C8H6N2/c1-10-8-4-2-7(6-9)3-5-8/h2-6,9H. The van der Waals surface area contributed by atoms with Gasteiger partial charge in [0.05, 0.1) is 6.57 Å². The van der Waals surface area contributed by atoms with Gasteiger partial charge in [-0.25, -0.2) is 4.85 Å². The molecular formula is C8H6N2. The number of nitrogens with zero attached hydrogens (tertiary/aromatic N) is 1. The number of hydrogen-bond donors (Lipinski definition) is 1.